The summed E-state index contributed by atoms with van der Waals surface area (Å²) in [6.45, 7) is 8.23. The lowest BCUT2D eigenvalue weighted by atomic mass is 9.78. The summed E-state index contributed by atoms with van der Waals surface area (Å²) >= 11 is 0. The van der Waals surface area contributed by atoms with Gasteiger partial charge in [0, 0.05) is 46.7 Å². The number of aliphatic imine (C=N–C) groups is 1. The number of nitrogens with zero attached hydrogens (tertiary/aromatic N) is 4. The van der Waals surface area contributed by atoms with Gasteiger partial charge in [0.25, 0.3) is 0 Å². The van der Waals surface area contributed by atoms with E-state index in [4.69, 9.17) is 0 Å². The molecule has 0 aromatic rings. The van der Waals surface area contributed by atoms with Crippen LogP contribution in [0.2, 0.25) is 0 Å². The zero-order valence-corrected chi connectivity index (χ0v) is 17.0. The van der Waals surface area contributed by atoms with E-state index >= 15 is 0 Å². The van der Waals surface area contributed by atoms with Crippen LogP contribution >= 0.6 is 0 Å². The Bertz CT molecular complexity index is 538. The van der Waals surface area contributed by atoms with Gasteiger partial charge in [-0.25, -0.2) is 4.99 Å². The third-order valence-corrected chi connectivity index (χ3v) is 5.40. The fourth-order valence-corrected chi connectivity index (χ4v) is 4.07. The summed E-state index contributed by atoms with van der Waals surface area (Å²) in [6, 6.07) is 0.233. The van der Waals surface area contributed by atoms with Crippen molar-refractivity contribution in [2.24, 2.45) is 4.99 Å². The molecule has 1 N–H and O–H groups in total. The summed E-state index contributed by atoms with van der Waals surface area (Å²) in [5, 5.41) is 3.41. The summed E-state index contributed by atoms with van der Waals surface area (Å²) in [7, 11) is 3.49. The van der Waals surface area contributed by atoms with E-state index in [-0.39, 0.29) is 29.9 Å². The van der Waals surface area contributed by atoms with Crippen LogP contribution in [-0.2, 0) is 9.59 Å². The van der Waals surface area contributed by atoms with Gasteiger partial charge in [0.05, 0.1) is 5.54 Å². The molecular formula is C19H35N5O2. The molecule has 1 saturated carbocycles. The number of carbonyl (C=O) groups is 2. The SMILES string of the molecule is CC(=O)N1CCN(C(=NCC(=O)N(C)C)NC(C)C)CC12CCCCC2. The minimum absolute atomic E-state index is 0.0113. The molecule has 1 spiro atoms. The highest BCUT2D eigenvalue weighted by atomic mass is 16.2. The van der Waals surface area contributed by atoms with E-state index in [0.717, 1.165) is 38.4 Å². The molecule has 1 aliphatic carbocycles. The van der Waals surface area contributed by atoms with Crippen LogP contribution in [0.25, 0.3) is 0 Å². The van der Waals surface area contributed by atoms with E-state index in [0.29, 0.717) is 0 Å². The van der Waals surface area contributed by atoms with Gasteiger partial charge < -0.3 is 20.0 Å². The van der Waals surface area contributed by atoms with Crippen molar-refractivity contribution in [3.8, 4) is 0 Å². The van der Waals surface area contributed by atoms with Crippen LogP contribution in [-0.4, -0.2) is 84.3 Å². The molecule has 1 aliphatic heterocycles. The minimum atomic E-state index is -0.0900. The van der Waals surface area contributed by atoms with Gasteiger partial charge in [0.2, 0.25) is 11.8 Å². The fraction of sp³-hybridized carbons (Fsp3) is 0.842. The third-order valence-electron chi connectivity index (χ3n) is 5.40. The molecule has 148 valence electrons. The maximum Gasteiger partial charge on any atom is 0.243 e. The Kier molecular flexibility index (Phi) is 6.89. The van der Waals surface area contributed by atoms with Crippen molar-refractivity contribution >= 4 is 17.8 Å². The summed E-state index contributed by atoms with van der Waals surface area (Å²) in [4.78, 5) is 34.7. The smallest absolute Gasteiger partial charge is 0.243 e. The monoisotopic (exact) mass is 365 g/mol. The number of piperazine rings is 1. The molecule has 0 radical (unpaired) electrons. The van der Waals surface area contributed by atoms with Crippen molar-refractivity contribution in [1.29, 1.82) is 0 Å². The standard InChI is InChI=1S/C19H35N5O2/c1-15(2)21-18(20-13-17(26)22(4)5)23-11-12-24(16(3)25)19(14-23)9-7-6-8-10-19/h15H,6-14H2,1-5H3,(H,20,21). The van der Waals surface area contributed by atoms with Crippen molar-refractivity contribution < 1.29 is 9.59 Å². The van der Waals surface area contributed by atoms with Gasteiger partial charge in [0.15, 0.2) is 5.96 Å². The van der Waals surface area contributed by atoms with Crippen LogP contribution in [0, 0.1) is 0 Å². The molecular weight excluding hydrogens is 330 g/mol. The first-order valence-electron chi connectivity index (χ1n) is 9.79. The molecule has 2 fully saturated rings. The van der Waals surface area contributed by atoms with Gasteiger partial charge in [-0.1, -0.05) is 19.3 Å². The van der Waals surface area contributed by atoms with Gasteiger partial charge in [0.1, 0.15) is 6.54 Å². The highest BCUT2D eigenvalue weighted by Gasteiger charge is 2.44. The molecule has 0 unspecified atom stereocenters. The van der Waals surface area contributed by atoms with E-state index in [2.05, 4.69) is 34.0 Å². The highest BCUT2D eigenvalue weighted by molar-refractivity contribution is 5.85. The van der Waals surface area contributed by atoms with Gasteiger partial charge in [-0.15, -0.1) is 0 Å². The molecule has 0 aromatic heterocycles. The topological polar surface area (TPSA) is 68.2 Å². The Labute approximate surface area is 157 Å². The largest absolute Gasteiger partial charge is 0.354 e. The first kappa shape index (κ1) is 20.5. The van der Waals surface area contributed by atoms with Crippen molar-refractivity contribution in [1.82, 2.24) is 20.0 Å². The molecule has 1 heterocycles. The average Bonchev–Trinajstić information content (AvgIpc) is 2.58. The van der Waals surface area contributed by atoms with E-state index in [1.807, 2.05) is 0 Å². The van der Waals surface area contributed by atoms with Crippen LogP contribution in [0.5, 0.6) is 0 Å². The average molecular weight is 366 g/mol. The summed E-state index contributed by atoms with van der Waals surface area (Å²) in [6.07, 6.45) is 5.68. The lowest BCUT2D eigenvalue weighted by Gasteiger charge is -2.53. The number of amides is 2. The van der Waals surface area contributed by atoms with E-state index in [1.54, 1.807) is 25.9 Å². The lowest BCUT2D eigenvalue weighted by Crippen LogP contribution is -2.66. The highest BCUT2D eigenvalue weighted by Crippen LogP contribution is 2.36. The quantitative estimate of drug-likeness (QED) is 0.605. The van der Waals surface area contributed by atoms with Crippen molar-refractivity contribution in [3.63, 3.8) is 0 Å². The number of nitrogens with one attached hydrogen (secondary N) is 1. The Morgan fingerprint density at radius 1 is 1.15 bits per heavy atom. The van der Waals surface area contributed by atoms with E-state index in [9.17, 15) is 9.59 Å². The zero-order chi connectivity index (χ0) is 19.3. The van der Waals surface area contributed by atoms with Crippen LogP contribution in [0.15, 0.2) is 4.99 Å². The molecule has 0 atom stereocenters. The number of rotatable bonds is 3. The second-order valence-corrected chi connectivity index (χ2v) is 8.10. The maximum absolute atomic E-state index is 12.2. The van der Waals surface area contributed by atoms with Crippen molar-refractivity contribution in [3.05, 3.63) is 0 Å². The van der Waals surface area contributed by atoms with Crippen LogP contribution in [0.1, 0.15) is 52.9 Å². The van der Waals surface area contributed by atoms with Crippen molar-refractivity contribution in [2.45, 2.75) is 64.5 Å². The Morgan fingerprint density at radius 3 is 2.35 bits per heavy atom. The fourth-order valence-electron chi connectivity index (χ4n) is 4.07. The molecule has 0 bridgehead atoms. The molecule has 1 saturated heterocycles. The second kappa shape index (κ2) is 8.73. The molecule has 7 heteroatoms. The minimum Gasteiger partial charge on any atom is -0.354 e. The van der Waals surface area contributed by atoms with Gasteiger partial charge in [-0.2, -0.15) is 0 Å². The lowest BCUT2D eigenvalue weighted by molar-refractivity contribution is -0.140. The Balaban J connectivity index is 2.21. The molecule has 2 amide bonds. The number of guanidine groups is 1. The normalized spacial score (nSPS) is 20.5. The van der Waals surface area contributed by atoms with Gasteiger partial charge >= 0.3 is 0 Å². The van der Waals surface area contributed by atoms with Gasteiger partial charge in [-0.05, 0) is 26.7 Å². The molecule has 2 rings (SSSR count). The predicted molar refractivity (Wildman–Crippen MR) is 104 cm³/mol. The van der Waals surface area contributed by atoms with Crippen LogP contribution < -0.4 is 5.32 Å². The first-order chi connectivity index (χ1) is 12.2. The van der Waals surface area contributed by atoms with Crippen LogP contribution in [0.3, 0.4) is 0 Å². The van der Waals surface area contributed by atoms with Crippen LogP contribution in [0.4, 0.5) is 0 Å². The molecule has 7 nitrogen and oxygen atoms in total. The zero-order valence-electron chi connectivity index (χ0n) is 17.0. The number of hydrogen-bond donors (Lipinski definition) is 1. The summed E-state index contributed by atoms with van der Waals surface area (Å²) in [5.41, 5.74) is -0.0900. The molecule has 0 aromatic carbocycles. The Morgan fingerprint density at radius 2 is 1.81 bits per heavy atom. The summed E-state index contributed by atoms with van der Waals surface area (Å²) < 4.78 is 0. The maximum atomic E-state index is 12.2. The number of hydrogen-bond acceptors (Lipinski definition) is 3. The summed E-state index contributed by atoms with van der Waals surface area (Å²) in [5.74, 6) is 0.941. The third kappa shape index (κ3) is 4.89. The van der Waals surface area contributed by atoms with E-state index in [1.165, 1.54) is 19.3 Å². The van der Waals surface area contributed by atoms with Crippen molar-refractivity contribution in [2.75, 3.05) is 40.3 Å². The molecule has 2 aliphatic rings. The first-order valence-corrected chi connectivity index (χ1v) is 9.79. The van der Waals surface area contributed by atoms with Gasteiger partial charge in [-0.3, -0.25) is 9.59 Å². The Hall–Kier alpha value is -1.79. The second-order valence-electron chi connectivity index (χ2n) is 8.10. The molecule has 26 heavy (non-hydrogen) atoms. The van der Waals surface area contributed by atoms with E-state index < -0.39 is 0 Å². The number of carbonyl (C=O) groups excluding carboxylic acids is 2. The predicted octanol–water partition coefficient (Wildman–Crippen LogP) is 1.30. The number of likely N-dealkylation sites (N-methyl/N-ethyl adjacent to an activating group) is 1.